The molecule has 1 aliphatic carbocycles. The van der Waals surface area contributed by atoms with Crippen molar-refractivity contribution in [1.82, 2.24) is 9.38 Å². The van der Waals surface area contributed by atoms with Gasteiger partial charge in [0, 0.05) is 19.0 Å². The number of anilines is 1. The Bertz CT molecular complexity index is 1180. The molecule has 1 aliphatic heterocycles. The van der Waals surface area contributed by atoms with Crippen LogP contribution in [0.5, 0.6) is 0 Å². The normalized spacial score (nSPS) is 18.9. The molecule has 5 heteroatoms. The van der Waals surface area contributed by atoms with E-state index in [-0.39, 0.29) is 11.3 Å². The number of nitriles is 2. The van der Waals surface area contributed by atoms with E-state index in [0.29, 0.717) is 0 Å². The SMILES string of the molecule is CC1(C)CCc2c1c(C#N)c1nc3ccccc3n1c2N1CCC(C#N)CC1. The molecule has 2 aromatic heterocycles. The maximum Gasteiger partial charge on any atom is 0.157 e. The van der Waals surface area contributed by atoms with Crippen LogP contribution in [0.25, 0.3) is 16.7 Å². The first kappa shape index (κ1) is 17.1. The average Bonchev–Trinajstić information content (AvgIpc) is 3.24. The lowest BCUT2D eigenvalue weighted by Gasteiger charge is -2.34. The summed E-state index contributed by atoms with van der Waals surface area (Å²) in [5.41, 5.74) is 5.93. The second-order valence-corrected chi connectivity index (χ2v) is 8.70. The van der Waals surface area contributed by atoms with Gasteiger partial charge in [-0.05, 0) is 54.4 Å². The largest absolute Gasteiger partial charge is 0.357 e. The molecule has 0 atom stereocenters. The number of aromatic nitrogens is 2. The first-order chi connectivity index (χ1) is 13.5. The van der Waals surface area contributed by atoms with E-state index < -0.39 is 0 Å². The lowest BCUT2D eigenvalue weighted by atomic mass is 9.84. The summed E-state index contributed by atoms with van der Waals surface area (Å²) in [4.78, 5) is 7.30. The Kier molecular flexibility index (Phi) is 3.64. The minimum atomic E-state index is -0.0278. The van der Waals surface area contributed by atoms with Gasteiger partial charge in [0.1, 0.15) is 11.9 Å². The Morgan fingerprint density at radius 2 is 1.89 bits per heavy atom. The smallest absolute Gasteiger partial charge is 0.157 e. The topological polar surface area (TPSA) is 68.1 Å². The third-order valence-corrected chi connectivity index (χ3v) is 6.58. The van der Waals surface area contributed by atoms with E-state index in [9.17, 15) is 10.5 Å². The van der Waals surface area contributed by atoms with E-state index in [1.165, 1.54) is 16.9 Å². The van der Waals surface area contributed by atoms with Crippen LogP contribution in [0.4, 0.5) is 5.82 Å². The molecule has 0 bridgehead atoms. The second-order valence-electron chi connectivity index (χ2n) is 8.70. The summed E-state index contributed by atoms with van der Waals surface area (Å²) in [7, 11) is 0. The molecule has 1 saturated heterocycles. The van der Waals surface area contributed by atoms with Crippen molar-refractivity contribution in [2.24, 2.45) is 5.92 Å². The lowest BCUT2D eigenvalue weighted by molar-refractivity contribution is 0.483. The van der Waals surface area contributed by atoms with Gasteiger partial charge in [0.05, 0.1) is 22.7 Å². The van der Waals surface area contributed by atoms with Crippen molar-refractivity contribution in [2.45, 2.75) is 44.9 Å². The molecule has 28 heavy (non-hydrogen) atoms. The highest BCUT2D eigenvalue weighted by atomic mass is 15.2. The highest BCUT2D eigenvalue weighted by molar-refractivity contribution is 5.87. The quantitative estimate of drug-likeness (QED) is 0.640. The van der Waals surface area contributed by atoms with Crippen molar-refractivity contribution in [2.75, 3.05) is 18.0 Å². The van der Waals surface area contributed by atoms with Crippen molar-refractivity contribution in [3.05, 3.63) is 41.0 Å². The van der Waals surface area contributed by atoms with Crippen molar-refractivity contribution < 1.29 is 0 Å². The maximum absolute atomic E-state index is 10.1. The van der Waals surface area contributed by atoms with Gasteiger partial charge in [-0.2, -0.15) is 10.5 Å². The van der Waals surface area contributed by atoms with Crippen molar-refractivity contribution >= 4 is 22.5 Å². The van der Waals surface area contributed by atoms with E-state index in [2.05, 4.69) is 41.4 Å². The predicted molar refractivity (Wildman–Crippen MR) is 109 cm³/mol. The molecule has 0 saturated carbocycles. The fourth-order valence-electron chi connectivity index (χ4n) is 5.12. The summed E-state index contributed by atoms with van der Waals surface area (Å²) < 4.78 is 2.21. The standard InChI is InChI=1S/C23H23N5/c1-23(2)10-7-16-20(23)17(14-25)21-26-18-5-3-4-6-19(18)28(21)22(16)27-11-8-15(13-24)9-12-27/h3-6,15H,7-12H2,1-2H3. The number of para-hydroxylation sites is 2. The van der Waals surface area contributed by atoms with Gasteiger partial charge in [-0.3, -0.25) is 4.40 Å². The van der Waals surface area contributed by atoms with Gasteiger partial charge in [0.2, 0.25) is 0 Å². The molecule has 1 aromatic carbocycles. The van der Waals surface area contributed by atoms with Gasteiger partial charge in [0.15, 0.2) is 5.65 Å². The molecule has 2 aliphatic rings. The van der Waals surface area contributed by atoms with Crippen LogP contribution < -0.4 is 4.90 Å². The van der Waals surface area contributed by atoms with E-state index in [4.69, 9.17) is 4.98 Å². The van der Waals surface area contributed by atoms with Crippen molar-refractivity contribution in [1.29, 1.82) is 10.5 Å². The van der Waals surface area contributed by atoms with Crippen LogP contribution in [0.2, 0.25) is 0 Å². The predicted octanol–water partition coefficient (Wildman–Crippen LogP) is 4.32. The maximum atomic E-state index is 10.1. The van der Waals surface area contributed by atoms with Gasteiger partial charge in [-0.15, -0.1) is 0 Å². The summed E-state index contributed by atoms with van der Waals surface area (Å²) >= 11 is 0. The number of nitrogens with zero attached hydrogens (tertiary/aromatic N) is 5. The molecule has 5 nitrogen and oxygen atoms in total. The minimum Gasteiger partial charge on any atom is -0.357 e. The fraction of sp³-hybridized carbons (Fsp3) is 0.435. The zero-order valence-electron chi connectivity index (χ0n) is 16.4. The first-order valence-corrected chi connectivity index (χ1v) is 10.1. The third kappa shape index (κ3) is 2.26. The van der Waals surface area contributed by atoms with Gasteiger partial charge < -0.3 is 4.90 Å². The van der Waals surface area contributed by atoms with Crippen LogP contribution in [0.3, 0.4) is 0 Å². The van der Waals surface area contributed by atoms with E-state index in [0.717, 1.165) is 61.0 Å². The molecule has 0 radical (unpaired) electrons. The Morgan fingerprint density at radius 1 is 1.14 bits per heavy atom. The third-order valence-electron chi connectivity index (χ3n) is 6.58. The zero-order valence-corrected chi connectivity index (χ0v) is 16.4. The summed E-state index contributed by atoms with van der Waals surface area (Å²) in [5, 5.41) is 19.4. The number of pyridine rings is 1. The average molecular weight is 369 g/mol. The summed E-state index contributed by atoms with van der Waals surface area (Å²) in [6.45, 7) is 6.23. The van der Waals surface area contributed by atoms with Crippen LogP contribution in [0.1, 0.15) is 49.8 Å². The molecular formula is C23H23N5. The molecule has 0 N–H and O–H groups in total. The van der Waals surface area contributed by atoms with Gasteiger partial charge in [-0.25, -0.2) is 4.98 Å². The molecule has 1 fully saturated rings. The molecular weight excluding hydrogens is 346 g/mol. The second kappa shape index (κ2) is 5.97. The van der Waals surface area contributed by atoms with Crippen LogP contribution in [-0.2, 0) is 11.8 Å². The fourth-order valence-corrected chi connectivity index (χ4v) is 5.12. The van der Waals surface area contributed by atoms with Crippen LogP contribution in [-0.4, -0.2) is 22.5 Å². The number of benzene rings is 1. The molecule has 140 valence electrons. The van der Waals surface area contributed by atoms with Crippen molar-refractivity contribution in [3.8, 4) is 12.1 Å². The molecule has 0 spiro atoms. The number of hydrogen-bond acceptors (Lipinski definition) is 4. The summed E-state index contributed by atoms with van der Waals surface area (Å²) in [6.07, 6.45) is 3.81. The Hall–Kier alpha value is -3.05. The molecule has 3 heterocycles. The Morgan fingerprint density at radius 3 is 2.61 bits per heavy atom. The number of imidazole rings is 1. The van der Waals surface area contributed by atoms with Gasteiger partial charge >= 0.3 is 0 Å². The Labute approximate surface area is 164 Å². The van der Waals surface area contributed by atoms with E-state index in [1.807, 2.05) is 18.2 Å². The lowest BCUT2D eigenvalue weighted by Crippen LogP contribution is -2.35. The van der Waals surface area contributed by atoms with E-state index in [1.54, 1.807) is 0 Å². The van der Waals surface area contributed by atoms with Crippen molar-refractivity contribution in [3.63, 3.8) is 0 Å². The monoisotopic (exact) mass is 369 g/mol. The first-order valence-electron chi connectivity index (χ1n) is 10.1. The van der Waals surface area contributed by atoms with Gasteiger partial charge in [0.25, 0.3) is 0 Å². The highest BCUT2D eigenvalue weighted by Crippen LogP contribution is 2.47. The summed E-state index contributed by atoms with van der Waals surface area (Å²) in [5.74, 6) is 1.34. The molecule has 0 unspecified atom stereocenters. The number of hydrogen-bond donors (Lipinski definition) is 0. The van der Waals surface area contributed by atoms with Crippen LogP contribution in [0, 0.1) is 28.6 Å². The molecule has 5 rings (SSSR count). The minimum absolute atomic E-state index is 0.0278. The van der Waals surface area contributed by atoms with E-state index >= 15 is 0 Å². The number of piperidine rings is 1. The molecule has 0 amide bonds. The van der Waals surface area contributed by atoms with Gasteiger partial charge in [-0.1, -0.05) is 26.0 Å². The molecule has 3 aromatic rings. The van der Waals surface area contributed by atoms with Crippen LogP contribution in [0.15, 0.2) is 24.3 Å². The number of fused-ring (bicyclic) bond motifs is 4. The highest BCUT2D eigenvalue weighted by Gasteiger charge is 2.38. The summed E-state index contributed by atoms with van der Waals surface area (Å²) in [6, 6.07) is 13.1. The van der Waals surface area contributed by atoms with Crippen LogP contribution >= 0.6 is 0 Å². The zero-order chi connectivity index (χ0) is 19.5. The Balaban J connectivity index is 1.86. The number of rotatable bonds is 1.